The summed E-state index contributed by atoms with van der Waals surface area (Å²) < 4.78 is 16.2. The normalized spacial score (nSPS) is 28.1. The maximum atomic E-state index is 13.3. The Balaban J connectivity index is 1.38. The number of ether oxygens (including phenoxy) is 2. The van der Waals surface area contributed by atoms with Gasteiger partial charge < -0.3 is 19.3 Å². The van der Waals surface area contributed by atoms with E-state index in [1.165, 1.54) is 4.90 Å². The standard InChI is InChI=1S/C22H21N3O6/c1-3-29-21(28)13-5-4-6-14(10-13)23-19(26)17-15-7-8-22(30-15)11-25(20(27)18(17)22)16-9-12(2)31-24-16/h4-10,15,17-18H,3,11H2,1-2H3,(H,23,26). The lowest BCUT2D eigenvalue weighted by Gasteiger charge is -2.23. The van der Waals surface area contributed by atoms with Gasteiger partial charge in [0.05, 0.1) is 36.7 Å². The number of esters is 1. The van der Waals surface area contributed by atoms with E-state index in [1.807, 2.05) is 12.2 Å². The van der Waals surface area contributed by atoms with Crippen LogP contribution in [0.5, 0.6) is 0 Å². The summed E-state index contributed by atoms with van der Waals surface area (Å²) in [6.45, 7) is 4.01. The van der Waals surface area contributed by atoms with Crippen molar-refractivity contribution in [2.45, 2.75) is 25.6 Å². The lowest BCUT2D eigenvalue weighted by molar-refractivity contribution is -0.128. The summed E-state index contributed by atoms with van der Waals surface area (Å²) in [6.07, 6.45) is 3.22. The summed E-state index contributed by atoms with van der Waals surface area (Å²) >= 11 is 0. The highest BCUT2D eigenvalue weighted by Crippen LogP contribution is 2.52. The van der Waals surface area contributed by atoms with E-state index < -0.39 is 29.5 Å². The van der Waals surface area contributed by atoms with Crippen molar-refractivity contribution in [3.8, 4) is 0 Å². The van der Waals surface area contributed by atoms with Crippen LogP contribution in [-0.4, -0.2) is 47.8 Å². The SMILES string of the molecule is CCOC(=O)c1cccc(NC(=O)C2C3C=CC4(CN(c5cc(C)on5)C(=O)C24)O3)c1. The molecule has 4 atom stereocenters. The molecule has 0 radical (unpaired) electrons. The van der Waals surface area contributed by atoms with E-state index in [0.29, 0.717) is 22.8 Å². The Morgan fingerprint density at radius 3 is 2.94 bits per heavy atom. The molecular weight excluding hydrogens is 402 g/mol. The molecule has 1 spiro atoms. The van der Waals surface area contributed by atoms with Crippen LogP contribution in [0.1, 0.15) is 23.0 Å². The minimum absolute atomic E-state index is 0.222. The fourth-order valence-electron chi connectivity index (χ4n) is 4.64. The third kappa shape index (κ3) is 3.04. The number of aromatic nitrogens is 1. The number of fused-ring (bicyclic) bond motifs is 1. The molecule has 4 heterocycles. The van der Waals surface area contributed by atoms with Crippen LogP contribution in [-0.2, 0) is 19.1 Å². The van der Waals surface area contributed by atoms with Crippen LogP contribution < -0.4 is 10.2 Å². The number of carbonyl (C=O) groups is 3. The fourth-order valence-corrected chi connectivity index (χ4v) is 4.64. The van der Waals surface area contributed by atoms with Crippen molar-refractivity contribution in [3.63, 3.8) is 0 Å². The molecule has 9 nitrogen and oxygen atoms in total. The van der Waals surface area contributed by atoms with Crippen LogP contribution in [0.2, 0.25) is 0 Å². The quantitative estimate of drug-likeness (QED) is 0.579. The lowest BCUT2D eigenvalue weighted by Crippen LogP contribution is -2.41. The zero-order valence-electron chi connectivity index (χ0n) is 17.0. The average molecular weight is 423 g/mol. The Kier molecular flexibility index (Phi) is 4.44. The molecule has 1 N–H and O–H groups in total. The van der Waals surface area contributed by atoms with Gasteiger partial charge in [-0.2, -0.15) is 0 Å². The maximum Gasteiger partial charge on any atom is 0.338 e. The zero-order chi connectivity index (χ0) is 21.8. The van der Waals surface area contributed by atoms with Gasteiger partial charge in [0.25, 0.3) is 0 Å². The van der Waals surface area contributed by atoms with E-state index in [-0.39, 0.29) is 25.0 Å². The van der Waals surface area contributed by atoms with Crippen LogP contribution >= 0.6 is 0 Å². The molecule has 2 aromatic rings. The molecule has 2 amide bonds. The van der Waals surface area contributed by atoms with Gasteiger partial charge in [-0.25, -0.2) is 4.79 Å². The third-order valence-corrected chi connectivity index (χ3v) is 5.94. The van der Waals surface area contributed by atoms with Gasteiger partial charge in [-0.3, -0.25) is 14.5 Å². The molecule has 5 rings (SSSR count). The minimum atomic E-state index is -0.858. The molecule has 2 fully saturated rings. The molecule has 0 aliphatic carbocycles. The average Bonchev–Trinajstić information content (AvgIpc) is 3.49. The van der Waals surface area contributed by atoms with Gasteiger partial charge in [-0.1, -0.05) is 23.4 Å². The van der Waals surface area contributed by atoms with Crippen molar-refractivity contribution < 1.29 is 28.4 Å². The van der Waals surface area contributed by atoms with Gasteiger partial charge in [0.15, 0.2) is 5.82 Å². The van der Waals surface area contributed by atoms with E-state index in [4.69, 9.17) is 14.0 Å². The smallest absolute Gasteiger partial charge is 0.338 e. The number of benzene rings is 1. The third-order valence-electron chi connectivity index (χ3n) is 5.94. The number of nitrogens with one attached hydrogen (secondary N) is 1. The van der Waals surface area contributed by atoms with Gasteiger partial charge in [-0.15, -0.1) is 0 Å². The molecule has 160 valence electrons. The minimum Gasteiger partial charge on any atom is -0.462 e. The number of hydrogen-bond donors (Lipinski definition) is 1. The summed E-state index contributed by atoms with van der Waals surface area (Å²) in [7, 11) is 0. The first-order valence-electron chi connectivity index (χ1n) is 10.1. The second-order valence-corrected chi connectivity index (χ2v) is 7.91. The Morgan fingerprint density at radius 2 is 2.19 bits per heavy atom. The summed E-state index contributed by atoms with van der Waals surface area (Å²) in [5, 5.41) is 6.77. The van der Waals surface area contributed by atoms with Crippen molar-refractivity contribution in [1.29, 1.82) is 0 Å². The van der Waals surface area contributed by atoms with Gasteiger partial charge in [0.1, 0.15) is 11.4 Å². The number of hydrogen-bond acceptors (Lipinski definition) is 7. The van der Waals surface area contributed by atoms with Crippen molar-refractivity contribution >= 4 is 29.3 Å². The van der Waals surface area contributed by atoms with Crippen LogP contribution in [0.25, 0.3) is 0 Å². The molecule has 0 saturated carbocycles. The summed E-state index contributed by atoms with van der Waals surface area (Å²) in [5.41, 5.74) is -0.0702. The molecule has 31 heavy (non-hydrogen) atoms. The molecule has 9 heteroatoms. The number of carbonyl (C=O) groups excluding carboxylic acids is 3. The maximum absolute atomic E-state index is 13.3. The zero-order valence-corrected chi connectivity index (χ0v) is 17.0. The predicted octanol–water partition coefficient (Wildman–Crippen LogP) is 2.08. The van der Waals surface area contributed by atoms with Crippen LogP contribution in [0.15, 0.2) is 47.0 Å². The topological polar surface area (TPSA) is 111 Å². The summed E-state index contributed by atoms with van der Waals surface area (Å²) in [4.78, 5) is 39.9. The van der Waals surface area contributed by atoms with Crippen LogP contribution in [0.3, 0.4) is 0 Å². The lowest BCUT2D eigenvalue weighted by atomic mass is 9.76. The number of rotatable bonds is 5. The molecule has 3 aliphatic heterocycles. The largest absolute Gasteiger partial charge is 0.462 e. The molecule has 1 aromatic carbocycles. The number of nitrogens with zero attached hydrogens (tertiary/aromatic N) is 2. The first-order chi connectivity index (χ1) is 14.9. The van der Waals surface area contributed by atoms with Gasteiger partial charge in [-0.05, 0) is 32.0 Å². The Hall–Kier alpha value is -3.46. The monoisotopic (exact) mass is 423 g/mol. The summed E-state index contributed by atoms with van der Waals surface area (Å²) in [5.74, 6) is -1.38. The molecular formula is C22H21N3O6. The van der Waals surface area contributed by atoms with Gasteiger partial charge in [0, 0.05) is 11.8 Å². The highest BCUT2D eigenvalue weighted by atomic mass is 16.5. The Morgan fingerprint density at radius 1 is 1.35 bits per heavy atom. The second kappa shape index (κ2) is 7.05. The van der Waals surface area contributed by atoms with E-state index in [2.05, 4.69) is 10.5 Å². The van der Waals surface area contributed by atoms with Crippen molar-refractivity contribution in [2.24, 2.45) is 11.8 Å². The van der Waals surface area contributed by atoms with E-state index in [0.717, 1.165) is 0 Å². The highest BCUT2D eigenvalue weighted by molar-refractivity contribution is 6.05. The molecule has 1 aromatic heterocycles. The number of aryl methyl sites for hydroxylation is 1. The van der Waals surface area contributed by atoms with E-state index in [9.17, 15) is 14.4 Å². The van der Waals surface area contributed by atoms with Gasteiger partial charge in [0.2, 0.25) is 11.8 Å². The molecule has 2 saturated heterocycles. The van der Waals surface area contributed by atoms with E-state index >= 15 is 0 Å². The Bertz CT molecular complexity index is 1110. The van der Waals surface area contributed by atoms with Crippen molar-refractivity contribution in [2.75, 3.05) is 23.4 Å². The van der Waals surface area contributed by atoms with Crippen LogP contribution in [0.4, 0.5) is 11.5 Å². The fraction of sp³-hybridized carbons (Fsp3) is 0.364. The van der Waals surface area contributed by atoms with E-state index in [1.54, 1.807) is 44.2 Å². The van der Waals surface area contributed by atoms with Crippen LogP contribution in [0, 0.1) is 18.8 Å². The second-order valence-electron chi connectivity index (χ2n) is 7.91. The Labute approximate surface area is 178 Å². The molecule has 4 unspecified atom stereocenters. The number of amides is 2. The first-order valence-corrected chi connectivity index (χ1v) is 10.1. The number of anilines is 2. The highest BCUT2D eigenvalue weighted by Gasteiger charge is 2.67. The molecule has 2 bridgehead atoms. The first kappa shape index (κ1) is 19.5. The summed E-state index contributed by atoms with van der Waals surface area (Å²) in [6, 6.07) is 8.19. The predicted molar refractivity (Wildman–Crippen MR) is 108 cm³/mol. The van der Waals surface area contributed by atoms with Crippen molar-refractivity contribution in [1.82, 2.24) is 5.16 Å². The van der Waals surface area contributed by atoms with Crippen molar-refractivity contribution in [3.05, 3.63) is 53.8 Å². The van der Waals surface area contributed by atoms with Gasteiger partial charge >= 0.3 is 5.97 Å². The molecule has 3 aliphatic rings.